The van der Waals surface area contributed by atoms with Gasteiger partial charge in [-0.2, -0.15) is 0 Å². The molecule has 3 heterocycles. The molecular weight excluding hydrogens is 466 g/mol. The summed E-state index contributed by atoms with van der Waals surface area (Å²) in [6, 6.07) is 29.5. The van der Waals surface area contributed by atoms with Crippen molar-refractivity contribution in [3.63, 3.8) is 0 Å². The van der Waals surface area contributed by atoms with Crippen molar-refractivity contribution < 1.29 is 0 Å². The summed E-state index contributed by atoms with van der Waals surface area (Å²) in [6.45, 7) is 9.05. The Morgan fingerprint density at radius 2 is 1.59 bits per heavy atom. The van der Waals surface area contributed by atoms with Crippen molar-refractivity contribution in [1.82, 2.24) is 4.57 Å². The summed E-state index contributed by atoms with van der Waals surface area (Å²) in [5.74, 6) is 0. The fraction of sp³-hybridized carbons (Fsp3) is 0.143. The zero-order chi connectivity index (χ0) is 25.9. The maximum atomic E-state index is 4.00. The fourth-order valence-electron chi connectivity index (χ4n) is 6.23. The lowest BCUT2D eigenvalue weighted by Gasteiger charge is -2.34. The van der Waals surface area contributed by atoms with Gasteiger partial charge in [0, 0.05) is 31.2 Å². The average Bonchev–Trinajstić information content (AvgIpc) is 3.43. The highest BCUT2D eigenvalue weighted by Gasteiger charge is 2.34. The second-order valence-corrected chi connectivity index (χ2v) is 11.4. The molecule has 0 unspecified atom stereocenters. The van der Waals surface area contributed by atoms with Crippen molar-refractivity contribution in [2.24, 2.45) is 0 Å². The Balaban J connectivity index is 0.00000123. The van der Waals surface area contributed by atoms with Gasteiger partial charge in [0.1, 0.15) is 0 Å². The molecule has 7 rings (SSSR count). The van der Waals surface area contributed by atoms with E-state index in [4.69, 9.17) is 0 Å². The number of allylic oxidation sites excluding steroid dienone is 1. The monoisotopic (exact) mass is 495 g/mol. The third-order valence-electron chi connectivity index (χ3n) is 7.86. The molecule has 0 saturated carbocycles. The van der Waals surface area contributed by atoms with Crippen molar-refractivity contribution in [3.05, 3.63) is 107 Å². The smallest absolute Gasteiger partial charge is 0.0582 e. The molecule has 0 saturated heterocycles. The molecule has 0 radical (unpaired) electrons. The number of nitrogens with zero attached hydrogens (tertiary/aromatic N) is 1. The van der Waals surface area contributed by atoms with Crippen molar-refractivity contribution in [2.45, 2.75) is 33.1 Å². The lowest BCUT2D eigenvalue weighted by atomic mass is 9.75. The second kappa shape index (κ2) is 8.51. The zero-order valence-corrected chi connectivity index (χ0v) is 22.5. The highest BCUT2D eigenvalue weighted by atomic mass is 32.1. The Morgan fingerprint density at radius 1 is 0.838 bits per heavy atom. The number of terminal acetylenes is 1. The van der Waals surface area contributed by atoms with Crippen molar-refractivity contribution in [3.8, 4) is 29.7 Å². The van der Waals surface area contributed by atoms with Crippen LogP contribution in [0.1, 0.15) is 42.3 Å². The minimum atomic E-state index is -0.0372. The number of rotatable bonds is 2. The maximum Gasteiger partial charge on any atom is 0.0582 e. The van der Waals surface area contributed by atoms with E-state index in [0.29, 0.717) is 0 Å². The molecule has 37 heavy (non-hydrogen) atoms. The van der Waals surface area contributed by atoms with Gasteiger partial charge in [-0.15, -0.1) is 24.2 Å². The van der Waals surface area contributed by atoms with Crippen molar-refractivity contribution in [1.29, 1.82) is 0 Å². The molecule has 1 nitrogen and oxygen atoms in total. The van der Waals surface area contributed by atoms with Crippen LogP contribution in [0.4, 0.5) is 0 Å². The van der Waals surface area contributed by atoms with Crippen molar-refractivity contribution in [2.75, 3.05) is 0 Å². The van der Waals surface area contributed by atoms with Crippen LogP contribution < -0.4 is 0 Å². The summed E-state index contributed by atoms with van der Waals surface area (Å²) >= 11 is 1.89. The molecule has 2 aromatic heterocycles. The number of benzene rings is 4. The van der Waals surface area contributed by atoms with Gasteiger partial charge in [0.25, 0.3) is 0 Å². The number of hydrogen-bond donors (Lipinski definition) is 0. The Labute approximate surface area is 222 Å². The quantitative estimate of drug-likeness (QED) is 0.211. The molecule has 0 fully saturated rings. The number of aromatic nitrogens is 1. The Morgan fingerprint density at radius 3 is 2.41 bits per heavy atom. The summed E-state index contributed by atoms with van der Waals surface area (Å²) in [6.07, 6.45) is 12.4. The molecule has 1 aliphatic heterocycles. The normalized spacial score (nSPS) is 13.7. The molecule has 4 aromatic carbocycles. The average molecular weight is 496 g/mol. The number of fused-ring (bicyclic) bond motifs is 6. The van der Waals surface area contributed by atoms with Crippen LogP contribution in [0.25, 0.3) is 54.8 Å². The molecule has 0 aliphatic carbocycles. The van der Waals surface area contributed by atoms with Crippen LogP contribution in [-0.4, -0.2) is 4.57 Å². The van der Waals surface area contributed by atoms with Crippen LogP contribution >= 0.6 is 11.3 Å². The third kappa shape index (κ3) is 3.18. The molecule has 1 aliphatic rings. The molecule has 6 aromatic rings. The fourth-order valence-corrected chi connectivity index (χ4v) is 7.31. The lowest BCUT2D eigenvalue weighted by molar-refractivity contribution is 0.630. The Kier molecular flexibility index (Phi) is 5.37. The molecule has 0 amide bonds. The first-order valence-electron chi connectivity index (χ1n) is 12.7. The molecule has 180 valence electrons. The maximum absolute atomic E-state index is 4.00. The number of para-hydroxylation sites is 2. The Bertz CT molecular complexity index is 1890. The van der Waals surface area contributed by atoms with Gasteiger partial charge in [0.2, 0.25) is 0 Å². The lowest BCUT2D eigenvalue weighted by Crippen LogP contribution is -2.26. The first-order valence-corrected chi connectivity index (χ1v) is 13.5. The summed E-state index contributed by atoms with van der Waals surface area (Å²) < 4.78 is 3.84. The first kappa shape index (κ1) is 23.3. The van der Waals surface area contributed by atoms with Crippen LogP contribution in [0.3, 0.4) is 0 Å². The molecule has 2 heteroatoms. The van der Waals surface area contributed by atoms with Gasteiger partial charge in [-0.05, 0) is 65.9 Å². The van der Waals surface area contributed by atoms with Gasteiger partial charge in [0.05, 0.1) is 16.7 Å². The highest BCUT2D eigenvalue weighted by Crippen LogP contribution is 2.48. The van der Waals surface area contributed by atoms with Crippen LogP contribution in [0, 0.1) is 19.8 Å². The molecular formula is C35H29NS. The van der Waals surface area contributed by atoms with E-state index in [1.54, 1.807) is 0 Å². The predicted octanol–water partition coefficient (Wildman–Crippen LogP) is 9.90. The number of thiophene rings is 1. The van der Waals surface area contributed by atoms with Gasteiger partial charge in [-0.1, -0.05) is 80.6 Å². The molecule has 0 N–H and O–H groups in total. The van der Waals surface area contributed by atoms with Crippen LogP contribution in [0.2, 0.25) is 0 Å². The van der Waals surface area contributed by atoms with Gasteiger partial charge in [-0.25, -0.2) is 0 Å². The predicted molar refractivity (Wildman–Crippen MR) is 163 cm³/mol. The minimum Gasteiger partial charge on any atom is -0.309 e. The van der Waals surface area contributed by atoms with Gasteiger partial charge in [0.15, 0.2) is 0 Å². The van der Waals surface area contributed by atoms with Crippen LogP contribution in [0.15, 0.2) is 84.9 Å². The molecule has 0 atom stereocenters. The van der Waals surface area contributed by atoms with Gasteiger partial charge in [-0.3, -0.25) is 0 Å². The topological polar surface area (TPSA) is 4.93 Å². The van der Waals surface area contributed by atoms with Gasteiger partial charge >= 0.3 is 0 Å². The highest BCUT2D eigenvalue weighted by molar-refractivity contribution is 7.19. The summed E-state index contributed by atoms with van der Waals surface area (Å²) in [5, 5.41) is 4.03. The third-order valence-corrected chi connectivity index (χ3v) is 8.95. The van der Waals surface area contributed by atoms with E-state index in [1.807, 2.05) is 11.3 Å². The Hall–Kier alpha value is -4.06. The van der Waals surface area contributed by atoms with E-state index in [-0.39, 0.29) is 5.41 Å². The number of hydrogen-bond acceptors (Lipinski definition) is 1. The van der Waals surface area contributed by atoms with E-state index in [2.05, 4.69) is 136 Å². The van der Waals surface area contributed by atoms with Crippen LogP contribution in [-0.2, 0) is 5.41 Å². The molecule has 0 bridgehead atoms. The largest absolute Gasteiger partial charge is 0.309 e. The van der Waals surface area contributed by atoms with E-state index in [1.165, 1.54) is 70.3 Å². The standard InChI is InChI=1S/C33H27NS.C2H2/c1-5-10-22-20(2)35-30-16-9-11-23(31(22)30)21-17-18-28-25(19-21)24-12-8-14-27-32(24)34(28)29-15-7-6-13-26(29)33(27,3)4;1-2/h5-19H,1-4H3;1-2H/b10-5-;. The zero-order valence-electron chi connectivity index (χ0n) is 21.7. The SMILES string of the molecule is C#C.C/C=C\c1c(C)sc2cccc(-c3ccc4c(c3)c3cccc5c3n4-c3ccccc3C5(C)C)c12. The van der Waals surface area contributed by atoms with Gasteiger partial charge < -0.3 is 4.57 Å². The second-order valence-electron chi connectivity index (χ2n) is 10.2. The molecule has 0 spiro atoms. The van der Waals surface area contributed by atoms with E-state index >= 15 is 0 Å². The van der Waals surface area contributed by atoms with Crippen LogP contribution in [0.5, 0.6) is 0 Å². The van der Waals surface area contributed by atoms with E-state index in [0.717, 1.165) is 0 Å². The summed E-state index contributed by atoms with van der Waals surface area (Å²) in [5.41, 5.74) is 10.6. The van der Waals surface area contributed by atoms with E-state index in [9.17, 15) is 0 Å². The summed E-state index contributed by atoms with van der Waals surface area (Å²) in [7, 11) is 0. The summed E-state index contributed by atoms with van der Waals surface area (Å²) in [4.78, 5) is 1.37. The minimum absolute atomic E-state index is 0.0372. The van der Waals surface area contributed by atoms with E-state index < -0.39 is 0 Å². The number of aryl methyl sites for hydroxylation is 1. The van der Waals surface area contributed by atoms with Crippen molar-refractivity contribution >= 4 is 49.3 Å². The first-order chi connectivity index (χ1) is 18.0.